The fraction of sp³-hybridized carbons (Fsp3) is 0.533. The highest BCUT2D eigenvalue weighted by molar-refractivity contribution is 5.98. The Balaban J connectivity index is 2.85. The van der Waals surface area contributed by atoms with E-state index in [9.17, 15) is 4.79 Å². The molecule has 0 aliphatic heterocycles. The third-order valence-corrected chi connectivity index (χ3v) is 2.65. The smallest absolute Gasteiger partial charge is 0.166 e. The van der Waals surface area contributed by atoms with E-state index < -0.39 is 0 Å². The molecular formula is C15H22O2. The minimum absolute atomic E-state index is 0.196. The van der Waals surface area contributed by atoms with Gasteiger partial charge in [0, 0.05) is 6.42 Å². The van der Waals surface area contributed by atoms with Gasteiger partial charge in [0.05, 0.1) is 12.2 Å². The van der Waals surface area contributed by atoms with Crippen LogP contribution in [0.5, 0.6) is 5.75 Å². The maximum absolute atomic E-state index is 12.1. The lowest BCUT2D eigenvalue weighted by molar-refractivity contribution is 0.0975. The number of rotatable bonds is 7. The fourth-order valence-corrected chi connectivity index (χ4v) is 1.67. The van der Waals surface area contributed by atoms with Gasteiger partial charge in [-0.2, -0.15) is 0 Å². The Morgan fingerprint density at radius 3 is 2.65 bits per heavy atom. The summed E-state index contributed by atoms with van der Waals surface area (Å²) in [6.07, 6.45) is 3.56. The molecule has 94 valence electrons. The number of aryl methyl sites for hydroxylation is 1. The SMILES string of the molecule is CCCCC(=O)c1cc(C)ccc1OCCC. The van der Waals surface area contributed by atoms with E-state index in [1.165, 1.54) is 0 Å². The highest BCUT2D eigenvalue weighted by Gasteiger charge is 2.12. The number of hydrogen-bond acceptors (Lipinski definition) is 2. The van der Waals surface area contributed by atoms with Crippen molar-refractivity contribution in [1.29, 1.82) is 0 Å². The average molecular weight is 234 g/mol. The third-order valence-electron chi connectivity index (χ3n) is 2.65. The molecule has 0 atom stereocenters. The number of hydrogen-bond donors (Lipinski definition) is 0. The summed E-state index contributed by atoms with van der Waals surface area (Å²) in [5.74, 6) is 0.931. The molecule has 0 bridgehead atoms. The number of unbranched alkanes of at least 4 members (excludes halogenated alkanes) is 1. The van der Waals surface area contributed by atoms with E-state index in [1.54, 1.807) is 0 Å². The standard InChI is InChI=1S/C15H22O2/c1-4-6-7-14(16)13-11-12(3)8-9-15(13)17-10-5-2/h8-9,11H,4-7,10H2,1-3H3. The second-order valence-corrected chi connectivity index (χ2v) is 4.37. The Bertz CT molecular complexity index is 369. The van der Waals surface area contributed by atoms with E-state index in [0.29, 0.717) is 13.0 Å². The number of carbonyl (C=O) groups excluding carboxylic acids is 1. The Morgan fingerprint density at radius 1 is 1.24 bits per heavy atom. The van der Waals surface area contributed by atoms with Gasteiger partial charge in [0.15, 0.2) is 5.78 Å². The molecule has 0 saturated carbocycles. The molecule has 0 spiro atoms. The third kappa shape index (κ3) is 4.22. The molecule has 0 aromatic heterocycles. The van der Waals surface area contributed by atoms with Crippen molar-refractivity contribution in [3.8, 4) is 5.75 Å². The van der Waals surface area contributed by atoms with Crippen molar-refractivity contribution >= 4 is 5.78 Å². The molecule has 0 saturated heterocycles. The van der Waals surface area contributed by atoms with Gasteiger partial charge in [-0.05, 0) is 31.9 Å². The first-order valence-electron chi connectivity index (χ1n) is 6.45. The summed E-state index contributed by atoms with van der Waals surface area (Å²) in [5, 5.41) is 0. The van der Waals surface area contributed by atoms with Crippen LogP contribution < -0.4 is 4.74 Å². The highest BCUT2D eigenvalue weighted by Crippen LogP contribution is 2.22. The van der Waals surface area contributed by atoms with Crippen molar-refractivity contribution < 1.29 is 9.53 Å². The van der Waals surface area contributed by atoms with Gasteiger partial charge in [-0.15, -0.1) is 0 Å². The number of ether oxygens (including phenoxy) is 1. The van der Waals surface area contributed by atoms with Gasteiger partial charge in [0.1, 0.15) is 5.75 Å². The Hall–Kier alpha value is -1.31. The van der Waals surface area contributed by atoms with Crippen molar-refractivity contribution in [2.24, 2.45) is 0 Å². The summed E-state index contributed by atoms with van der Waals surface area (Å²) in [7, 11) is 0. The first kappa shape index (κ1) is 13.8. The van der Waals surface area contributed by atoms with Crippen LogP contribution in [0.1, 0.15) is 55.5 Å². The number of benzene rings is 1. The van der Waals surface area contributed by atoms with Crippen molar-refractivity contribution in [2.45, 2.75) is 46.5 Å². The predicted octanol–water partition coefficient (Wildman–Crippen LogP) is 4.16. The van der Waals surface area contributed by atoms with Crippen LogP contribution in [0, 0.1) is 6.92 Å². The molecule has 0 aliphatic rings. The maximum Gasteiger partial charge on any atom is 0.166 e. The van der Waals surface area contributed by atoms with E-state index in [1.807, 2.05) is 25.1 Å². The fourth-order valence-electron chi connectivity index (χ4n) is 1.67. The highest BCUT2D eigenvalue weighted by atomic mass is 16.5. The molecule has 0 fully saturated rings. The molecule has 17 heavy (non-hydrogen) atoms. The van der Waals surface area contributed by atoms with Gasteiger partial charge in [-0.25, -0.2) is 0 Å². The molecule has 0 N–H and O–H groups in total. The minimum Gasteiger partial charge on any atom is -0.493 e. The largest absolute Gasteiger partial charge is 0.493 e. The summed E-state index contributed by atoms with van der Waals surface area (Å²) in [6, 6.07) is 5.83. The van der Waals surface area contributed by atoms with Crippen LogP contribution in [0.2, 0.25) is 0 Å². The molecule has 1 aromatic rings. The minimum atomic E-state index is 0.196. The van der Waals surface area contributed by atoms with Gasteiger partial charge in [-0.1, -0.05) is 31.9 Å². The van der Waals surface area contributed by atoms with E-state index in [-0.39, 0.29) is 5.78 Å². The maximum atomic E-state index is 12.1. The van der Waals surface area contributed by atoms with Crippen molar-refractivity contribution in [1.82, 2.24) is 0 Å². The van der Waals surface area contributed by atoms with E-state index in [2.05, 4.69) is 13.8 Å². The van der Waals surface area contributed by atoms with Crippen molar-refractivity contribution in [3.63, 3.8) is 0 Å². The molecule has 2 heteroatoms. The van der Waals surface area contributed by atoms with Crippen molar-refractivity contribution in [2.75, 3.05) is 6.61 Å². The van der Waals surface area contributed by atoms with Crippen LogP contribution >= 0.6 is 0 Å². The van der Waals surface area contributed by atoms with E-state index in [4.69, 9.17) is 4.74 Å². The molecular weight excluding hydrogens is 212 g/mol. The van der Waals surface area contributed by atoms with Gasteiger partial charge >= 0.3 is 0 Å². The lowest BCUT2D eigenvalue weighted by Gasteiger charge is -2.10. The van der Waals surface area contributed by atoms with Crippen LogP contribution in [0.4, 0.5) is 0 Å². The second kappa shape index (κ2) is 7.10. The van der Waals surface area contributed by atoms with Crippen LogP contribution in [-0.2, 0) is 0 Å². The monoisotopic (exact) mass is 234 g/mol. The molecule has 0 radical (unpaired) electrons. The zero-order chi connectivity index (χ0) is 12.7. The summed E-state index contributed by atoms with van der Waals surface area (Å²) < 4.78 is 5.62. The molecule has 1 rings (SSSR count). The number of Topliss-reactive ketones (excluding diaryl/α,β-unsaturated/α-hetero) is 1. The first-order chi connectivity index (χ1) is 8.19. The average Bonchev–Trinajstić information content (AvgIpc) is 2.34. The Kier molecular flexibility index (Phi) is 5.75. The summed E-state index contributed by atoms with van der Waals surface area (Å²) in [4.78, 5) is 12.1. The van der Waals surface area contributed by atoms with Gasteiger partial charge in [-0.3, -0.25) is 4.79 Å². The zero-order valence-corrected chi connectivity index (χ0v) is 11.1. The lowest BCUT2D eigenvalue weighted by atomic mass is 10.0. The van der Waals surface area contributed by atoms with Gasteiger partial charge in [0.2, 0.25) is 0 Å². The molecule has 2 nitrogen and oxygen atoms in total. The quantitative estimate of drug-likeness (QED) is 0.662. The molecule has 1 aromatic carbocycles. The van der Waals surface area contributed by atoms with Gasteiger partial charge < -0.3 is 4.74 Å². The molecule has 0 unspecified atom stereocenters. The van der Waals surface area contributed by atoms with E-state index in [0.717, 1.165) is 36.1 Å². The van der Waals surface area contributed by atoms with Crippen LogP contribution in [0.25, 0.3) is 0 Å². The Morgan fingerprint density at radius 2 is 2.00 bits per heavy atom. The summed E-state index contributed by atoms with van der Waals surface area (Å²) in [5.41, 5.74) is 1.85. The van der Waals surface area contributed by atoms with Crippen LogP contribution in [-0.4, -0.2) is 12.4 Å². The molecule has 0 heterocycles. The normalized spacial score (nSPS) is 10.3. The van der Waals surface area contributed by atoms with Crippen LogP contribution in [0.3, 0.4) is 0 Å². The number of carbonyl (C=O) groups is 1. The van der Waals surface area contributed by atoms with Crippen LogP contribution in [0.15, 0.2) is 18.2 Å². The molecule has 0 amide bonds. The van der Waals surface area contributed by atoms with Gasteiger partial charge in [0.25, 0.3) is 0 Å². The number of ketones is 1. The summed E-state index contributed by atoms with van der Waals surface area (Å²) >= 11 is 0. The second-order valence-electron chi connectivity index (χ2n) is 4.37. The molecule has 0 aliphatic carbocycles. The van der Waals surface area contributed by atoms with Crippen molar-refractivity contribution in [3.05, 3.63) is 29.3 Å². The Labute approximate surface area is 104 Å². The summed E-state index contributed by atoms with van der Waals surface area (Å²) in [6.45, 7) is 6.82. The first-order valence-corrected chi connectivity index (χ1v) is 6.45. The topological polar surface area (TPSA) is 26.3 Å². The zero-order valence-electron chi connectivity index (χ0n) is 11.1. The predicted molar refractivity (Wildman–Crippen MR) is 70.8 cm³/mol. The van der Waals surface area contributed by atoms with E-state index >= 15 is 0 Å². The lowest BCUT2D eigenvalue weighted by Crippen LogP contribution is -2.05.